The van der Waals surface area contributed by atoms with Crippen LogP contribution in [0.5, 0.6) is 0 Å². The van der Waals surface area contributed by atoms with E-state index in [1.807, 2.05) is 42.5 Å². The van der Waals surface area contributed by atoms with E-state index >= 15 is 0 Å². The van der Waals surface area contributed by atoms with Crippen LogP contribution in [0.3, 0.4) is 0 Å². The number of methoxy groups -OCH3 is 1. The van der Waals surface area contributed by atoms with Crippen LogP contribution in [0.4, 0.5) is 0 Å². The number of carbonyl (C=O) groups is 1. The van der Waals surface area contributed by atoms with Crippen molar-refractivity contribution in [1.82, 2.24) is 4.73 Å². The second kappa shape index (κ2) is 4.74. The Kier molecular flexibility index (Phi) is 2.91. The lowest BCUT2D eigenvalue weighted by Crippen LogP contribution is -2.07. The molecule has 0 radical (unpaired) electrons. The second-order valence-electron chi connectivity index (χ2n) is 4.44. The third-order valence-electron chi connectivity index (χ3n) is 3.30. The topological polar surface area (TPSA) is 51.5 Å². The Hall–Kier alpha value is -2.75. The maximum atomic E-state index is 11.6. The first-order valence-corrected chi connectivity index (χ1v) is 6.20. The quantitative estimate of drug-likeness (QED) is 0.572. The van der Waals surface area contributed by atoms with Gasteiger partial charge in [-0.2, -0.15) is 4.73 Å². The molecule has 1 aromatic heterocycles. The number of ether oxygens (including phenoxy) is 1. The molecule has 0 bridgehead atoms. The summed E-state index contributed by atoms with van der Waals surface area (Å²) in [5.41, 5.74) is 2.68. The summed E-state index contributed by atoms with van der Waals surface area (Å²) in [5, 5.41) is 10.9. The van der Waals surface area contributed by atoms with Crippen molar-refractivity contribution in [2.75, 3.05) is 7.11 Å². The third kappa shape index (κ3) is 1.82. The predicted molar refractivity (Wildman–Crippen MR) is 75.9 cm³/mol. The van der Waals surface area contributed by atoms with Crippen molar-refractivity contribution >= 4 is 16.9 Å². The molecule has 0 fully saturated rings. The summed E-state index contributed by atoms with van der Waals surface area (Å²) in [6, 6.07) is 17.0. The molecule has 0 amide bonds. The average molecular weight is 267 g/mol. The van der Waals surface area contributed by atoms with Crippen molar-refractivity contribution in [3.8, 4) is 11.1 Å². The maximum Gasteiger partial charge on any atom is 0.358 e. The fourth-order valence-electron chi connectivity index (χ4n) is 2.34. The van der Waals surface area contributed by atoms with Crippen LogP contribution in [0.15, 0.2) is 54.6 Å². The van der Waals surface area contributed by atoms with Gasteiger partial charge in [-0.05, 0) is 23.3 Å². The molecule has 0 saturated heterocycles. The highest BCUT2D eigenvalue weighted by molar-refractivity contribution is 6.01. The molecule has 4 heteroatoms. The molecule has 4 nitrogen and oxygen atoms in total. The summed E-state index contributed by atoms with van der Waals surface area (Å²) in [7, 11) is 1.29. The molecule has 0 aliphatic carbocycles. The van der Waals surface area contributed by atoms with Gasteiger partial charge in [0.15, 0.2) is 5.69 Å². The van der Waals surface area contributed by atoms with Crippen LogP contribution < -0.4 is 0 Å². The smallest absolute Gasteiger partial charge is 0.358 e. The van der Waals surface area contributed by atoms with Gasteiger partial charge in [0, 0.05) is 5.39 Å². The van der Waals surface area contributed by atoms with E-state index in [0.29, 0.717) is 5.52 Å². The number of fused-ring (bicyclic) bond motifs is 1. The zero-order valence-corrected chi connectivity index (χ0v) is 10.9. The van der Waals surface area contributed by atoms with Crippen LogP contribution in [0.1, 0.15) is 10.5 Å². The Morgan fingerprint density at radius 2 is 1.85 bits per heavy atom. The number of benzene rings is 2. The second-order valence-corrected chi connectivity index (χ2v) is 4.44. The lowest BCUT2D eigenvalue weighted by molar-refractivity contribution is 0.0554. The fraction of sp³-hybridized carbons (Fsp3) is 0.0625. The van der Waals surface area contributed by atoms with E-state index in [-0.39, 0.29) is 5.69 Å². The largest absolute Gasteiger partial charge is 0.464 e. The van der Waals surface area contributed by atoms with Crippen LogP contribution in [0.2, 0.25) is 0 Å². The minimum Gasteiger partial charge on any atom is -0.464 e. The molecule has 0 aliphatic heterocycles. The van der Waals surface area contributed by atoms with Gasteiger partial charge in [-0.15, -0.1) is 0 Å². The highest BCUT2D eigenvalue weighted by Gasteiger charge is 2.17. The van der Waals surface area contributed by atoms with E-state index < -0.39 is 5.97 Å². The molecule has 1 N–H and O–H groups in total. The van der Waals surface area contributed by atoms with Gasteiger partial charge in [0.25, 0.3) is 0 Å². The van der Waals surface area contributed by atoms with Crippen LogP contribution in [-0.2, 0) is 4.74 Å². The molecule has 20 heavy (non-hydrogen) atoms. The minimum absolute atomic E-state index is 0.117. The molecule has 0 spiro atoms. The molecule has 3 aromatic rings. The van der Waals surface area contributed by atoms with Gasteiger partial charge in [0.1, 0.15) is 0 Å². The lowest BCUT2D eigenvalue weighted by atomic mass is 10.0. The normalized spacial score (nSPS) is 10.7. The number of aromatic nitrogens is 1. The summed E-state index contributed by atoms with van der Waals surface area (Å²) in [6.45, 7) is 0. The van der Waals surface area contributed by atoms with Gasteiger partial charge in [-0.25, -0.2) is 4.79 Å². The zero-order valence-electron chi connectivity index (χ0n) is 10.9. The molecular weight excluding hydrogens is 254 g/mol. The number of nitrogens with zero attached hydrogens (tertiary/aromatic N) is 1. The first kappa shape index (κ1) is 12.3. The van der Waals surface area contributed by atoms with Crippen molar-refractivity contribution in [2.45, 2.75) is 0 Å². The van der Waals surface area contributed by atoms with Crippen molar-refractivity contribution in [3.63, 3.8) is 0 Å². The standard InChI is InChI=1S/C16H13NO3/c1-20-16(18)15-10-13-12(11-6-3-2-4-7-11)8-5-9-14(13)17(15)19/h2-10,19H,1H3. The summed E-state index contributed by atoms with van der Waals surface area (Å²) >= 11 is 0. The maximum absolute atomic E-state index is 11.6. The van der Waals surface area contributed by atoms with Gasteiger partial charge in [-0.1, -0.05) is 42.5 Å². The van der Waals surface area contributed by atoms with Crippen molar-refractivity contribution in [2.24, 2.45) is 0 Å². The lowest BCUT2D eigenvalue weighted by Gasteiger charge is -2.03. The molecule has 0 atom stereocenters. The third-order valence-corrected chi connectivity index (χ3v) is 3.30. The predicted octanol–water partition coefficient (Wildman–Crippen LogP) is 3.33. The summed E-state index contributed by atoms with van der Waals surface area (Å²) in [6.07, 6.45) is 0. The van der Waals surface area contributed by atoms with Crippen LogP contribution >= 0.6 is 0 Å². The Morgan fingerprint density at radius 1 is 1.10 bits per heavy atom. The molecule has 0 saturated carbocycles. The number of hydrogen-bond acceptors (Lipinski definition) is 3. The van der Waals surface area contributed by atoms with Gasteiger partial charge in [0.2, 0.25) is 0 Å². The Morgan fingerprint density at radius 3 is 2.55 bits per heavy atom. The summed E-state index contributed by atoms with van der Waals surface area (Å²) < 4.78 is 5.54. The van der Waals surface area contributed by atoms with Gasteiger partial charge in [-0.3, -0.25) is 0 Å². The minimum atomic E-state index is -0.567. The SMILES string of the molecule is COC(=O)c1cc2c(-c3ccccc3)cccc2n1O. The summed E-state index contributed by atoms with van der Waals surface area (Å²) in [5.74, 6) is -0.567. The van der Waals surface area contributed by atoms with Crippen molar-refractivity contribution in [1.29, 1.82) is 0 Å². The molecule has 3 rings (SSSR count). The highest BCUT2D eigenvalue weighted by Crippen LogP contribution is 2.30. The number of rotatable bonds is 2. The van der Waals surface area contributed by atoms with E-state index in [9.17, 15) is 10.0 Å². The zero-order chi connectivity index (χ0) is 14.1. The van der Waals surface area contributed by atoms with E-state index in [2.05, 4.69) is 4.74 Å². The molecule has 0 unspecified atom stereocenters. The summed E-state index contributed by atoms with van der Waals surface area (Å²) in [4.78, 5) is 11.6. The monoisotopic (exact) mass is 267 g/mol. The average Bonchev–Trinajstić information content (AvgIpc) is 2.85. The number of esters is 1. The molecular formula is C16H13NO3. The van der Waals surface area contributed by atoms with Gasteiger partial charge in [0.05, 0.1) is 12.6 Å². The molecule has 1 heterocycles. The van der Waals surface area contributed by atoms with E-state index in [1.165, 1.54) is 7.11 Å². The molecule has 0 aliphatic rings. The highest BCUT2D eigenvalue weighted by atomic mass is 16.5. The first-order chi connectivity index (χ1) is 9.72. The van der Waals surface area contributed by atoms with Crippen molar-refractivity contribution in [3.05, 3.63) is 60.3 Å². The van der Waals surface area contributed by atoms with Crippen LogP contribution in [0, 0.1) is 0 Å². The number of hydrogen-bond donors (Lipinski definition) is 1. The van der Waals surface area contributed by atoms with E-state index in [1.54, 1.807) is 12.1 Å². The Bertz CT molecular complexity index is 775. The Balaban J connectivity index is 2.28. The van der Waals surface area contributed by atoms with E-state index in [4.69, 9.17) is 0 Å². The van der Waals surface area contributed by atoms with Crippen molar-refractivity contribution < 1.29 is 14.7 Å². The van der Waals surface area contributed by atoms with Gasteiger partial charge < -0.3 is 9.94 Å². The van der Waals surface area contributed by atoms with Crippen LogP contribution in [-0.4, -0.2) is 23.0 Å². The van der Waals surface area contributed by atoms with E-state index in [0.717, 1.165) is 21.2 Å². The van der Waals surface area contributed by atoms with Gasteiger partial charge >= 0.3 is 5.97 Å². The fourth-order valence-corrected chi connectivity index (χ4v) is 2.34. The molecule has 100 valence electrons. The van der Waals surface area contributed by atoms with Crippen LogP contribution in [0.25, 0.3) is 22.0 Å². The first-order valence-electron chi connectivity index (χ1n) is 6.20. The Labute approximate surface area is 115 Å². The molecule has 2 aromatic carbocycles. The number of carbonyl (C=O) groups excluding carboxylic acids is 1.